The van der Waals surface area contributed by atoms with Gasteiger partial charge in [0.15, 0.2) is 5.96 Å². The lowest BCUT2D eigenvalue weighted by molar-refractivity contribution is 0.410. The predicted molar refractivity (Wildman–Crippen MR) is 71.5 cm³/mol. The number of guanidine groups is 1. The number of aliphatic imine (C=N–C) groups is 1. The molecule has 0 unspecified atom stereocenters. The third-order valence-electron chi connectivity index (χ3n) is 2.13. The summed E-state index contributed by atoms with van der Waals surface area (Å²) < 4.78 is 5.21. The van der Waals surface area contributed by atoms with Crippen LogP contribution in [-0.2, 0) is 6.54 Å². The minimum absolute atomic E-state index is 0.354. The number of nitrogens with one attached hydrogen (secondary N) is 1. The van der Waals surface area contributed by atoms with E-state index in [1.54, 1.807) is 19.3 Å². The third-order valence-corrected chi connectivity index (χ3v) is 2.48. The summed E-state index contributed by atoms with van der Waals surface area (Å²) in [5.41, 5.74) is 6.48. The van der Waals surface area contributed by atoms with Crippen LogP contribution in [-0.4, -0.2) is 19.6 Å². The molecule has 17 heavy (non-hydrogen) atoms. The van der Waals surface area contributed by atoms with E-state index < -0.39 is 0 Å². The first-order valence-corrected chi connectivity index (χ1v) is 5.53. The first-order valence-electron chi connectivity index (χ1n) is 5.15. The summed E-state index contributed by atoms with van der Waals surface area (Å²) in [6, 6.07) is 5.46. The van der Waals surface area contributed by atoms with E-state index in [1.807, 2.05) is 12.1 Å². The van der Waals surface area contributed by atoms with Crippen LogP contribution in [0.3, 0.4) is 0 Å². The van der Waals surface area contributed by atoms with Crippen molar-refractivity contribution in [3.8, 4) is 5.75 Å². The summed E-state index contributed by atoms with van der Waals surface area (Å²) in [4.78, 5) is 4.17. The molecule has 4 nitrogen and oxygen atoms in total. The second-order valence-corrected chi connectivity index (χ2v) is 3.70. The molecule has 3 N–H and O–H groups in total. The zero-order chi connectivity index (χ0) is 12.7. The largest absolute Gasteiger partial charge is 0.496 e. The molecule has 0 fully saturated rings. The Morgan fingerprint density at radius 2 is 2.41 bits per heavy atom. The smallest absolute Gasteiger partial charge is 0.189 e. The van der Waals surface area contributed by atoms with Gasteiger partial charge in [-0.05, 0) is 12.1 Å². The van der Waals surface area contributed by atoms with Crippen LogP contribution in [0, 0.1) is 0 Å². The lowest BCUT2D eigenvalue weighted by Gasteiger charge is -2.08. The van der Waals surface area contributed by atoms with Gasteiger partial charge in [-0.15, -0.1) is 6.58 Å². The maximum absolute atomic E-state index is 6.07. The van der Waals surface area contributed by atoms with Crippen LogP contribution in [0.2, 0.25) is 5.02 Å². The molecule has 5 heteroatoms. The summed E-state index contributed by atoms with van der Waals surface area (Å²) in [6.07, 6.45) is 1.71. The summed E-state index contributed by atoms with van der Waals surface area (Å²) in [7, 11) is 1.60. The molecule has 0 saturated heterocycles. The summed E-state index contributed by atoms with van der Waals surface area (Å²) in [5, 5.41) is 3.50. The number of hydrogen-bond acceptors (Lipinski definition) is 2. The van der Waals surface area contributed by atoms with E-state index in [2.05, 4.69) is 16.9 Å². The summed E-state index contributed by atoms with van der Waals surface area (Å²) in [6.45, 7) is 4.53. The van der Waals surface area contributed by atoms with Crippen molar-refractivity contribution in [1.29, 1.82) is 0 Å². The van der Waals surface area contributed by atoms with E-state index in [0.29, 0.717) is 29.8 Å². The first-order chi connectivity index (χ1) is 8.19. The molecule has 1 aromatic rings. The lowest BCUT2D eigenvalue weighted by Crippen LogP contribution is -2.31. The fourth-order valence-electron chi connectivity index (χ4n) is 1.28. The number of halogens is 1. The number of ether oxygens (including phenoxy) is 1. The molecule has 0 radical (unpaired) electrons. The highest BCUT2D eigenvalue weighted by Gasteiger charge is 2.06. The van der Waals surface area contributed by atoms with Crippen molar-refractivity contribution in [3.63, 3.8) is 0 Å². The number of nitrogens with zero attached hydrogens (tertiary/aromatic N) is 1. The average Bonchev–Trinajstić information content (AvgIpc) is 2.34. The van der Waals surface area contributed by atoms with Crippen molar-refractivity contribution in [1.82, 2.24) is 5.32 Å². The molecule has 0 amide bonds. The van der Waals surface area contributed by atoms with E-state index in [0.717, 1.165) is 5.56 Å². The Morgan fingerprint density at radius 3 is 3.06 bits per heavy atom. The number of hydrogen-bond donors (Lipinski definition) is 2. The van der Waals surface area contributed by atoms with Crippen LogP contribution in [0.15, 0.2) is 35.8 Å². The molecule has 1 aromatic carbocycles. The highest BCUT2D eigenvalue weighted by Crippen LogP contribution is 2.26. The Hall–Kier alpha value is -1.68. The Bertz CT molecular complexity index is 418. The summed E-state index contributed by atoms with van der Waals surface area (Å²) in [5.74, 6) is 1.06. The van der Waals surface area contributed by atoms with Crippen LogP contribution in [0.4, 0.5) is 0 Å². The van der Waals surface area contributed by atoms with Gasteiger partial charge in [0.1, 0.15) is 5.75 Å². The normalized spacial score (nSPS) is 11.1. The van der Waals surface area contributed by atoms with E-state index in [-0.39, 0.29) is 0 Å². The highest BCUT2D eigenvalue weighted by atomic mass is 35.5. The van der Waals surface area contributed by atoms with Gasteiger partial charge >= 0.3 is 0 Å². The fraction of sp³-hybridized carbons (Fsp3) is 0.250. The average molecular weight is 254 g/mol. The van der Waals surface area contributed by atoms with Gasteiger partial charge in [-0.3, -0.25) is 0 Å². The molecule has 0 aliphatic carbocycles. The first kappa shape index (κ1) is 13.4. The Balaban J connectivity index is 2.77. The molecule has 0 spiro atoms. The van der Waals surface area contributed by atoms with E-state index in [4.69, 9.17) is 22.1 Å². The van der Waals surface area contributed by atoms with Crippen molar-refractivity contribution in [3.05, 3.63) is 41.4 Å². The number of methoxy groups -OCH3 is 1. The second kappa shape index (κ2) is 6.81. The van der Waals surface area contributed by atoms with Crippen molar-refractivity contribution < 1.29 is 4.74 Å². The van der Waals surface area contributed by atoms with Gasteiger partial charge < -0.3 is 15.8 Å². The lowest BCUT2D eigenvalue weighted by atomic mass is 10.2. The second-order valence-electron chi connectivity index (χ2n) is 3.29. The van der Waals surface area contributed by atoms with Crippen molar-refractivity contribution in [2.75, 3.05) is 13.7 Å². The summed E-state index contributed by atoms with van der Waals surface area (Å²) >= 11 is 6.07. The van der Waals surface area contributed by atoms with Gasteiger partial charge in [0.05, 0.1) is 13.7 Å². The Labute approximate surface area is 106 Å². The van der Waals surface area contributed by atoms with Crippen molar-refractivity contribution in [2.45, 2.75) is 6.54 Å². The Kier molecular flexibility index (Phi) is 5.36. The molecule has 1 rings (SSSR count). The molecule has 0 aliphatic rings. The van der Waals surface area contributed by atoms with Crippen molar-refractivity contribution in [2.24, 2.45) is 10.7 Å². The maximum Gasteiger partial charge on any atom is 0.189 e. The van der Waals surface area contributed by atoms with Crippen LogP contribution in [0.5, 0.6) is 5.75 Å². The zero-order valence-corrected chi connectivity index (χ0v) is 10.5. The third kappa shape index (κ3) is 4.00. The van der Waals surface area contributed by atoms with E-state index >= 15 is 0 Å². The Morgan fingerprint density at radius 1 is 1.65 bits per heavy atom. The number of nitrogens with two attached hydrogens (primary N) is 1. The van der Waals surface area contributed by atoms with Crippen LogP contribution >= 0.6 is 11.6 Å². The van der Waals surface area contributed by atoms with E-state index in [1.165, 1.54) is 0 Å². The van der Waals surface area contributed by atoms with Gasteiger partial charge in [0.25, 0.3) is 0 Å². The van der Waals surface area contributed by atoms with Gasteiger partial charge in [-0.1, -0.05) is 23.7 Å². The molecule has 0 aliphatic heterocycles. The monoisotopic (exact) mass is 253 g/mol. The molecular formula is C12H16ClN3O. The zero-order valence-electron chi connectivity index (χ0n) is 9.74. The predicted octanol–water partition coefficient (Wildman–Crippen LogP) is 1.94. The minimum atomic E-state index is 0.354. The number of benzene rings is 1. The molecule has 0 heterocycles. The maximum atomic E-state index is 6.07. The van der Waals surface area contributed by atoms with Crippen molar-refractivity contribution >= 4 is 17.6 Å². The van der Waals surface area contributed by atoms with Gasteiger partial charge in [-0.2, -0.15) is 0 Å². The molecule has 92 valence electrons. The molecule has 0 saturated carbocycles. The van der Waals surface area contributed by atoms with Gasteiger partial charge in [-0.25, -0.2) is 4.99 Å². The fourth-order valence-corrected chi connectivity index (χ4v) is 1.51. The van der Waals surface area contributed by atoms with Crippen LogP contribution in [0.1, 0.15) is 5.56 Å². The molecular weight excluding hydrogens is 238 g/mol. The number of rotatable bonds is 5. The van der Waals surface area contributed by atoms with E-state index in [9.17, 15) is 0 Å². The van der Waals surface area contributed by atoms with Gasteiger partial charge in [0, 0.05) is 17.1 Å². The minimum Gasteiger partial charge on any atom is -0.496 e. The topological polar surface area (TPSA) is 59.6 Å². The highest BCUT2D eigenvalue weighted by molar-refractivity contribution is 6.31. The molecule has 0 atom stereocenters. The standard InChI is InChI=1S/C12H16ClN3O/c1-3-7-15-12(14)16-8-9-10(13)5-4-6-11(9)17-2/h3-6H,1,7-8H2,2H3,(H3,14,15,16). The SMILES string of the molecule is C=CCNC(N)=NCc1c(Cl)cccc1OC. The van der Waals surface area contributed by atoms with Crippen LogP contribution in [0.25, 0.3) is 0 Å². The molecule has 0 bridgehead atoms. The van der Waals surface area contributed by atoms with Crippen LogP contribution < -0.4 is 15.8 Å². The molecule has 0 aromatic heterocycles. The quantitative estimate of drug-likeness (QED) is 0.479. The van der Waals surface area contributed by atoms with Gasteiger partial charge in [0.2, 0.25) is 0 Å².